The quantitative estimate of drug-likeness (QED) is 0.750. The van der Waals surface area contributed by atoms with E-state index >= 15 is 0 Å². The van der Waals surface area contributed by atoms with Crippen molar-refractivity contribution < 1.29 is 0 Å². The number of benzene rings is 1. The van der Waals surface area contributed by atoms with Crippen LogP contribution in [0.4, 0.5) is 0 Å². The number of hydrogen-bond donors (Lipinski definition) is 1. The van der Waals surface area contributed by atoms with Gasteiger partial charge in [-0.1, -0.05) is 30.3 Å². The number of nitrogens with one attached hydrogen (secondary N) is 1. The standard InChI is InChI=1S/C12H14N2/c1-10-4-2-3-5-11(10)6-7-12-13-8-9-14-12/h2-7H,8-9H2,1H3,(H,13,14). The summed E-state index contributed by atoms with van der Waals surface area (Å²) >= 11 is 0. The zero-order valence-corrected chi connectivity index (χ0v) is 8.33. The van der Waals surface area contributed by atoms with Crippen molar-refractivity contribution in [1.82, 2.24) is 5.32 Å². The van der Waals surface area contributed by atoms with Crippen molar-refractivity contribution in [2.45, 2.75) is 6.92 Å². The lowest BCUT2D eigenvalue weighted by Crippen LogP contribution is -2.15. The van der Waals surface area contributed by atoms with Crippen molar-refractivity contribution in [3.05, 3.63) is 41.5 Å². The molecule has 72 valence electrons. The highest BCUT2D eigenvalue weighted by molar-refractivity contribution is 5.97. The number of aryl methyl sites for hydroxylation is 1. The molecule has 1 aliphatic heterocycles. The van der Waals surface area contributed by atoms with Gasteiger partial charge in [-0.05, 0) is 24.1 Å². The number of aliphatic imine (C=N–C) groups is 1. The maximum Gasteiger partial charge on any atom is 0.120 e. The summed E-state index contributed by atoms with van der Waals surface area (Å²) < 4.78 is 0. The molecule has 0 unspecified atom stereocenters. The van der Waals surface area contributed by atoms with Crippen molar-refractivity contribution in [1.29, 1.82) is 0 Å². The molecule has 0 atom stereocenters. The van der Waals surface area contributed by atoms with Crippen LogP contribution in [-0.4, -0.2) is 18.9 Å². The molecule has 0 spiro atoms. The topological polar surface area (TPSA) is 24.4 Å². The molecular weight excluding hydrogens is 172 g/mol. The minimum Gasteiger partial charge on any atom is -0.369 e. The van der Waals surface area contributed by atoms with Crippen molar-refractivity contribution in [2.24, 2.45) is 4.99 Å². The fourth-order valence-electron chi connectivity index (χ4n) is 1.47. The molecule has 0 aliphatic carbocycles. The fraction of sp³-hybridized carbons (Fsp3) is 0.250. The molecule has 0 bridgehead atoms. The van der Waals surface area contributed by atoms with E-state index in [9.17, 15) is 0 Å². The van der Waals surface area contributed by atoms with Gasteiger partial charge in [-0.2, -0.15) is 0 Å². The first kappa shape index (κ1) is 9.00. The Hall–Kier alpha value is -1.57. The zero-order chi connectivity index (χ0) is 9.80. The Kier molecular flexibility index (Phi) is 2.63. The summed E-state index contributed by atoms with van der Waals surface area (Å²) in [6, 6.07) is 8.33. The second kappa shape index (κ2) is 4.09. The molecule has 0 aromatic heterocycles. The highest BCUT2D eigenvalue weighted by Gasteiger charge is 1.99. The average molecular weight is 186 g/mol. The first-order chi connectivity index (χ1) is 6.86. The molecule has 2 heteroatoms. The van der Waals surface area contributed by atoms with Crippen molar-refractivity contribution in [3.8, 4) is 0 Å². The number of amidine groups is 1. The normalized spacial score (nSPS) is 15.6. The zero-order valence-electron chi connectivity index (χ0n) is 8.33. The van der Waals surface area contributed by atoms with Crippen LogP contribution < -0.4 is 5.32 Å². The summed E-state index contributed by atoms with van der Waals surface area (Å²) in [6.45, 7) is 3.98. The smallest absolute Gasteiger partial charge is 0.120 e. The summed E-state index contributed by atoms with van der Waals surface area (Å²) in [5, 5.41) is 3.21. The predicted octanol–water partition coefficient (Wildman–Crippen LogP) is 2.01. The minimum absolute atomic E-state index is 0.896. The van der Waals surface area contributed by atoms with Gasteiger partial charge in [0.15, 0.2) is 0 Å². The van der Waals surface area contributed by atoms with Crippen LogP contribution in [0, 0.1) is 6.92 Å². The van der Waals surface area contributed by atoms with Gasteiger partial charge in [0.05, 0.1) is 6.54 Å². The maximum absolute atomic E-state index is 4.30. The lowest BCUT2D eigenvalue weighted by molar-refractivity contribution is 0.961. The van der Waals surface area contributed by atoms with Crippen LogP contribution in [0.2, 0.25) is 0 Å². The molecule has 0 radical (unpaired) electrons. The molecule has 0 amide bonds. The predicted molar refractivity (Wildman–Crippen MR) is 60.5 cm³/mol. The van der Waals surface area contributed by atoms with E-state index in [4.69, 9.17) is 0 Å². The van der Waals surface area contributed by atoms with Crippen LogP contribution in [0.15, 0.2) is 35.3 Å². The average Bonchev–Trinajstić information content (AvgIpc) is 2.69. The van der Waals surface area contributed by atoms with Gasteiger partial charge in [-0.3, -0.25) is 4.99 Å². The van der Waals surface area contributed by atoms with Gasteiger partial charge in [0, 0.05) is 6.54 Å². The van der Waals surface area contributed by atoms with Gasteiger partial charge in [0.2, 0.25) is 0 Å². The van der Waals surface area contributed by atoms with E-state index in [1.807, 2.05) is 6.08 Å². The highest BCUT2D eigenvalue weighted by atomic mass is 15.1. The first-order valence-electron chi connectivity index (χ1n) is 4.88. The van der Waals surface area contributed by atoms with Gasteiger partial charge in [0.25, 0.3) is 0 Å². The van der Waals surface area contributed by atoms with E-state index in [1.54, 1.807) is 0 Å². The summed E-state index contributed by atoms with van der Waals surface area (Å²) in [4.78, 5) is 4.30. The van der Waals surface area contributed by atoms with Gasteiger partial charge in [-0.25, -0.2) is 0 Å². The third-order valence-corrected chi connectivity index (χ3v) is 2.31. The van der Waals surface area contributed by atoms with Gasteiger partial charge in [0.1, 0.15) is 5.84 Å². The minimum atomic E-state index is 0.896. The lowest BCUT2D eigenvalue weighted by Gasteiger charge is -1.98. The van der Waals surface area contributed by atoms with Crippen LogP contribution in [0.25, 0.3) is 6.08 Å². The summed E-state index contributed by atoms with van der Waals surface area (Å²) in [5.41, 5.74) is 2.55. The van der Waals surface area contributed by atoms with E-state index in [1.165, 1.54) is 11.1 Å². The first-order valence-corrected chi connectivity index (χ1v) is 4.88. The van der Waals surface area contributed by atoms with E-state index in [0.29, 0.717) is 0 Å². The van der Waals surface area contributed by atoms with Gasteiger partial charge in [-0.15, -0.1) is 0 Å². The summed E-state index contributed by atoms with van der Waals surface area (Å²) in [5.74, 6) is 0.994. The Labute approximate surface area is 84.4 Å². The number of hydrogen-bond acceptors (Lipinski definition) is 2. The molecule has 0 saturated carbocycles. The SMILES string of the molecule is Cc1ccccc1C=CC1=NCCN1. The molecular formula is C12H14N2. The Bertz CT molecular complexity index is 378. The van der Waals surface area contributed by atoms with Gasteiger partial charge >= 0.3 is 0 Å². The highest BCUT2D eigenvalue weighted by Crippen LogP contribution is 2.08. The van der Waals surface area contributed by atoms with E-state index < -0.39 is 0 Å². The molecule has 1 N–H and O–H groups in total. The monoisotopic (exact) mass is 186 g/mol. The Morgan fingerprint density at radius 3 is 2.86 bits per heavy atom. The van der Waals surface area contributed by atoms with E-state index in [0.717, 1.165) is 18.9 Å². The Morgan fingerprint density at radius 1 is 1.29 bits per heavy atom. The Morgan fingerprint density at radius 2 is 2.14 bits per heavy atom. The van der Waals surface area contributed by atoms with E-state index in [2.05, 4.69) is 47.6 Å². The maximum atomic E-state index is 4.30. The van der Waals surface area contributed by atoms with Crippen LogP contribution >= 0.6 is 0 Å². The van der Waals surface area contributed by atoms with Crippen LogP contribution in [0.5, 0.6) is 0 Å². The molecule has 0 fully saturated rings. The third-order valence-electron chi connectivity index (χ3n) is 2.31. The molecule has 1 aromatic carbocycles. The number of nitrogens with zero attached hydrogens (tertiary/aromatic N) is 1. The lowest BCUT2D eigenvalue weighted by atomic mass is 10.1. The third kappa shape index (κ3) is 2.02. The van der Waals surface area contributed by atoms with Crippen molar-refractivity contribution in [3.63, 3.8) is 0 Å². The van der Waals surface area contributed by atoms with Gasteiger partial charge < -0.3 is 5.32 Å². The van der Waals surface area contributed by atoms with Crippen LogP contribution in [0.3, 0.4) is 0 Å². The van der Waals surface area contributed by atoms with Crippen LogP contribution in [0.1, 0.15) is 11.1 Å². The molecule has 0 saturated heterocycles. The molecule has 14 heavy (non-hydrogen) atoms. The van der Waals surface area contributed by atoms with E-state index in [-0.39, 0.29) is 0 Å². The largest absolute Gasteiger partial charge is 0.369 e. The van der Waals surface area contributed by atoms with Crippen molar-refractivity contribution in [2.75, 3.05) is 13.1 Å². The van der Waals surface area contributed by atoms with Crippen molar-refractivity contribution >= 4 is 11.9 Å². The fourth-order valence-corrected chi connectivity index (χ4v) is 1.47. The second-order valence-corrected chi connectivity index (χ2v) is 3.38. The molecule has 1 aromatic rings. The second-order valence-electron chi connectivity index (χ2n) is 3.38. The summed E-state index contributed by atoms with van der Waals surface area (Å²) in [7, 11) is 0. The number of rotatable bonds is 2. The molecule has 2 nitrogen and oxygen atoms in total. The molecule has 2 rings (SSSR count). The summed E-state index contributed by atoms with van der Waals surface area (Å²) in [6.07, 6.45) is 4.14. The Balaban J connectivity index is 2.13. The molecule has 1 heterocycles. The molecule has 1 aliphatic rings. The van der Waals surface area contributed by atoms with Crippen LogP contribution in [-0.2, 0) is 0 Å².